The monoisotopic (exact) mass is 249 g/mol. The van der Waals surface area contributed by atoms with Crippen molar-refractivity contribution in [3.05, 3.63) is 18.0 Å². The quantitative estimate of drug-likeness (QED) is 0.646. The molecule has 0 bridgehead atoms. The van der Waals surface area contributed by atoms with Crippen LogP contribution >= 0.6 is 0 Å². The predicted octanol–water partition coefficient (Wildman–Crippen LogP) is 1.19. The molecule has 1 N–H and O–H groups in total. The molecule has 100 valence electrons. The van der Waals surface area contributed by atoms with Crippen molar-refractivity contribution in [3.63, 3.8) is 0 Å². The summed E-state index contributed by atoms with van der Waals surface area (Å²) in [6.45, 7) is 8.05. The number of aryl methyl sites for hydroxylation is 1. The molecule has 0 spiro atoms. The highest BCUT2D eigenvalue weighted by Crippen LogP contribution is 2.26. The van der Waals surface area contributed by atoms with Crippen molar-refractivity contribution in [2.24, 2.45) is 12.0 Å². The van der Waals surface area contributed by atoms with Gasteiger partial charge in [-0.3, -0.25) is 9.67 Å². The van der Waals surface area contributed by atoms with Crippen LogP contribution in [0, 0.1) is 0 Å². The summed E-state index contributed by atoms with van der Waals surface area (Å²) < 4.78 is 1.88. The number of hydrogen-bond acceptors (Lipinski definition) is 2. The molecule has 18 heavy (non-hydrogen) atoms. The van der Waals surface area contributed by atoms with Crippen LogP contribution in [0.4, 0.5) is 0 Å². The molecule has 0 radical (unpaired) electrons. The maximum Gasteiger partial charge on any atom is 0.193 e. The first-order valence-electron chi connectivity index (χ1n) is 6.76. The second-order valence-electron chi connectivity index (χ2n) is 4.71. The van der Waals surface area contributed by atoms with Crippen LogP contribution in [0.15, 0.2) is 17.4 Å². The van der Waals surface area contributed by atoms with Crippen LogP contribution in [-0.2, 0) is 7.05 Å². The van der Waals surface area contributed by atoms with Crippen LogP contribution in [0.2, 0.25) is 0 Å². The van der Waals surface area contributed by atoms with Gasteiger partial charge in [-0.2, -0.15) is 5.10 Å². The van der Waals surface area contributed by atoms with Crippen molar-refractivity contribution < 1.29 is 0 Å². The van der Waals surface area contributed by atoms with Crippen LogP contribution in [0.1, 0.15) is 31.7 Å². The van der Waals surface area contributed by atoms with Gasteiger partial charge in [-0.05, 0) is 25.8 Å². The summed E-state index contributed by atoms with van der Waals surface area (Å²) in [6.07, 6.45) is 5.29. The molecular formula is C13H23N5. The van der Waals surface area contributed by atoms with Gasteiger partial charge in [-0.1, -0.05) is 0 Å². The minimum atomic E-state index is 0.583. The summed E-state index contributed by atoms with van der Waals surface area (Å²) in [5, 5.41) is 7.61. The SMILES string of the molecule is CCN=C(NCC)N1CCC(c2cnn(C)c2)C1. The van der Waals surface area contributed by atoms with Crippen LogP contribution in [0.3, 0.4) is 0 Å². The fourth-order valence-corrected chi connectivity index (χ4v) is 2.45. The molecule has 1 aromatic rings. The van der Waals surface area contributed by atoms with Crippen molar-refractivity contribution in [2.75, 3.05) is 26.2 Å². The van der Waals surface area contributed by atoms with E-state index in [-0.39, 0.29) is 0 Å². The minimum absolute atomic E-state index is 0.583. The summed E-state index contributed by atoms with van der Waals surface area (Å²) in [5.41, 5.74) is 1.34. The molecule has 1 aromatic heterocycles. The zero-order chi connectivity index (χ0) is 13.0. The lowest BCUT2D eigenvalue weighted by molar-refractivity contribution is 0.487. The minimum Gasteiger partial charge on any atom is -0.357 e. The van der Waals surface area contributed by atoms with E-state index < -0.39 is 0 Å². The molecule has 1 fully saturated rings. The second-order valence-corrected chi connectivity index (χ2v) is 4.71. The maximum absolute atomic E-state index is 4.54. The van der Waals surface area contributed by atoms with Crippen LogP contribution < -0.4 is 5.32 Å². The number of nitrogens with zero attached hydrogens (tertiary/aromatic N) is 4. The Morgan fingerprint density at radius 1 is 1.56 bits per heavy atom. The van der Waals surface area contributed by atoms with E-state index in [9.17, 15) is 0 Å². The van der Waals surface area contributed by atoms with E-state index in [1.165, 1.54) is 12.0 Å². The third kappa shape index (κ3) is 2.83. The molecule has 1 atom stereocenters. The number of guanidine groups is 1. The van der Waals surface area contributed by atoms with Gasteiger partial charge in [0.05, 0.1) is 6.20 Å². The Labute approximate surface area is 109 Å². The first-order chi connectivity index (χ1) is 8.74. The molecule has 0 aliphatic carbocycles. The first-order valence-corrected chi connectivity index (χ1v) is 6.76. The van der Waals surface area contributed by atoms with E-state index in [4.69, 9.17) is 0 Å². The van der Waals surface area contributed by atoms with Gasteiger partial charge in [0, 0.05) is 45.3 Å². The molecular weight excluding hydrogens is 226 g/mol. The van der Waals surface area contributed by atoms with E-state index >= 15 is 0 Å². The van der Waals surface area contributed by atoms with Gasteiger partial charge in [0.15, 0.2) is 5.96 Å². The average molecular weight is 249 g/mol. The van der Waals surface area contributed by atoms with Gasteiger partial charge < -0.3 is 10.2 Å². The molecule has 2 rings (SSSR count). The number of aromatic nitrogens is 2. The van der Waals surface area contributed by atoms with Gasteiger partial charge in [-0.15, -0.1) is 0 Å². The Morgan fingerprint density at radius 3 is 3.00 bits per heavy atom. The summed E-state index contributed by atoms with van der Waals surface area (Å²) in [6, 6.07) is 0. The molecule has 1 aliphatic heterocycles. The fourth-order valence-electron chi connectivity index (χ4n) is 2.45. The Kier molecular flexibility index (Phi) is 4.23. The van der Waals surface area contributed by atoms with E-state index in [0.29, 0.717) is 5.92 Å². The predicted molar refractivity (Wildman–Crippen MR) is 73.8 cm³/mol. The number of rotatable bonds is 3. The lowest BCUT2D eigenvalue weighted by Gasteiger charge is -2.21. The highest BCUT2D eigenvalue weighted by Gasteiger charge is 2.26. The molecule has 1 unspecified atom stereocenters. The maximum atomic E-state index is 4.54. The van der Waals surface area contributed by atoms with E-state index in [1.54, 1.807) is 0 Å². The zero-order valence-corrected chi connectivity index (χ0v) is 11.6. The van der Waals surface area contributed by atoms with E-state index in [1.807, 2.05) is 17.9 Å². The van der Waals surface area contributed by atoms with Crippen molar-refractivity contribution in [1.29, 1.82) is 0 Å². The van der Waals surface area contributed by atoms with Crippen molar-refractivity contribution in [3.8, 4) is 0 Å². The first kappa shape index (κ1) is 12.9. The third-order valence-corrected chi connectivity index (χ3v) is 3.33. The fraction of sp³-hybridized carbons (Fsp3) is 0.692. The second kappa shape index (κ2) is 5.89. The van der Waals surface area contributed by atoms with E-state index in [2.05, 4.69) is 40.4 Å². The van der Waals surface area contributed by atoms with E-state index in [0.717, 1.165) is 32.1 Å². The molecule has 1 saturated heterocycles. The summed E-state index contributed by atoms with van der Waals surface area (Å²) in [5.74, 6) is 1.63. The van der Waals surface area contributed by atoms with Gasteiger partial charge >= 0.3 is 0 Å². The molecule has 5 heteroatoms. The molecule has 2 heterocycles. The summed E-state index contributed by atoms with van der Waals surface area (Å²) >= 11 is 0. The Balaban J connectivity index is 2.00. The topological polar surface area (TPSA) is 45.5 Å². The molecule has 1 aliphatic rings. The average Bonchev–Trinajstić information content (AvgIpc) is 2.97. The molecule has 0 amide bonds. The Morgan fingerprint density at radius 2 is 2.39 bits per heavy atom. The van der Waals surface area contributed by atoms with Crippen molar-refractivity contribution in [2.45, 2.75) is 26.2 Å². The number of likely N-dealkylation sites (tertiary alicyclic amines) is 1. The summed E-state index contributed by atoms with van der Waals surface area (Å²) in [4.78, 5) is 6.89. The van der Waals surface area contributed by atoms with Crippen LogP contribution in [-0.4, -0.2) is 46.8 Å². The van der Waals surface area contributed by atoms with Crippen LogP contribution in [0.25, 0.3) is 0 Å². The standard InChI is InChI=1S/C13H23N5/c1-4-14-13(15-5-2)18-7-6-11(10-18)12-8-16-17(3)9-12/h8-9,11H,4-7,10H2,1-3H3,(H,14,15). The Hall–Kier alpha value is -1.52. The number of hydrogen-bond donors (Lipinski definition) is 1. The lowest BCUT2D eigenvalue weighted by Crippen LogP contribution is -2.40. The Bertz CT molecular complexity index is 409. The van der Waals surface area contributed by atoms with Gasteiger partial charge in [0.2, 0.25) is 0 Å². The third-order valence-electron chi connectivity index (χ3n) is 3.33. The largest absolute Gasteiger partial charge is 0.357 e. The van der Waals surface area contributed by atoms with Gasteiger partial charge in [0.1, 0.15) is 0 Å². The zero-order valence-electron chi connectivity index (χ0n) is 11.6. The van der Waals surface area contributed by atoms with Crippen molar-refractivity contribution >= 4 is 5.96 Å². The molecule has 0 aromatic carbocycles. The lowest BCUT2D eigenvalue weighted by atomic mass is 10.0. The molecule has 0 saturated carbocycles. The molecule has 5 nitrogen and oxygen atoms in total. The normalized spacial score (nSPS) is 20.5. The van der Waals surface area contributed by atoms with Crippen LogP contribution in [0.5, 0.6) is 0 Å². The van der Waals surface area contributed by atoms with Crippen molar-refractivity contribution in [1.82, 2.24) is 20.0 Å². The number of nitrogens with one attached hydrogen (secondary N) is 1. The smallest absolute Gasteiger partial charge is 0.193 e. The summed E-state index contributed by atoms with van der Waals surface area (Å²) in [7, 11) is 1.97. The highest BCUT2D eigenvalue weighted by molar-refractivity contribution is 5.80. The highest BCUT2D eigenvalue weighted by atomic mass is 15.3. The number of aliphatic imine (C=N–C) groups is 1. The van der Waals surface area contributed by atoms with Gasteiger partial charge in [0.25, 0.3) is 0 Å². The van der Waals surface area contributed by atoms with Gasteiger partial charge in [-0.25, -0.2) is 0 Å².